The molecule has 0 atom stereocenters. The fraction of sp³-hybridized carbons (Fsp3) is 0.312. The predicted molar refractivity (Wildman–Crippen MR) is 75.3 cm³/mol. The van der Waals surface area contributed by atoms with Crippen LogP contribution in [0.15, 0.2) is 41.2 Å². The molecule has 0 saturated heterocycles. The molecule has 1 aromatic carbocycles. The Kier molecular flexibility index (Phi) is 4.17. The van der Waals surface area contributed by atoms with Crippen molar-refractivity contribution >= 4 is 5.78 Å². The second-order valence-electron chi connectivity index (χ2n) is 5.05. The Hall–Kier alpha value is -1.87. The first-order valence-electron chi connectivity index (χ1n) is 6.36. The van der Waals surface area contributed by atoms with Gasteiger partial charge in [0.05, 0.1) is 19.1 Å². The van der Waals surface area contributed by atoms with Gasteiger partial charge in [0.1, 0.15) is 0 Å². The molecule has 3 nitrogen and oxygen atoms in total. The minimum absolute atomic E-state index is 0.156. The molecule has 1 heterocycles. The van der Waals surface area contributed by atoms with Crippen molar-refractivity contribution in [2.24, 2.45) is 0 Å². The highest BCUT2D eigenvalue weighted by atomic mass is 16.3. The van der Waals surface area contributed by atoms with Gasteiger partial charge in [-0.15, -0.1) is 0 Å². The van der Waals surface area contributed by atoms with Crippen LogP contribution in [-0.2, 0) is 6.54 Å². The van der Waals surface area contributed by atoms with Gasteiger partial charge in [-0.3, -0.25) is 9.69 Å². The fourth-order valence-electron chi connectivity index (χ4n) is 2.21. The Morgan fingerprint density at radius 1 is 1.26 bits per heavy atom. The topological polar surface area (TPSA) is 33.5 Å². The van der Waals surface area contributed by atoms with Crippen LogP contribution in [-0.4, -0.2) is 24.3 Å². The summed E-state index contributed by atoms with van der Waals surface area (Å²) in [6, 6.07) is 7.86. The summed E-state index contributed by atoms with van der Waals surface area (Å²) in [5.41, 5.74) is 4.11. The summed E-state index contributed by atoms with van der Waals surface area (Å²) >= 11 is 0. The van der Waals surface area contributed by atoms with E-state index in [1.54, 1.807) is 12.5 Å². The second-order valence-corrected chi connectivity index (χ2v) is 5.05. The molecule has 0 spiro atoms. The van der Waals surface area contributed by atoms with Crippen molar-refractivity contribution in [1.82, 2.24) is 4.90 Å². The van der Waals surface area contributed by atoms with Crippen LogP contribution in [0, 0.1) is 13.8 Å². The summed E-state index contributed by atoms with van der Waals surface area (Å²) in [6.07, 6.45) is 3.35. The van der Waals surface area contributed by atoms with Crippen molar-refractivity contribution in [3.8, 4) is 0 Å². The first kappa shape index (κ1) is 13.6. The number of aryl methyl sites for hydroxylation is 2. The molecule has 2 rings (SSSR count). The monoisotopic (exact) mass is 257 g/mol. The van der Waals surface area contributed by atoms with Gasteiger partial charge in [-0.2, -0.15) is 0 Å². The minimum Gasteiger partial charge on any atom is -0.472 e. The maximum absolute atomic E-state index is 12.3. The van der Waals surface area contributed by atoms with Crippen molar-refractivity contribution < 1.29 is 9.21 Å². The van der Waals surface area contributed by atoms with Crippen molar-refractivity contribution in [1.29, 1.82) is 0 Å². The van der Waals surface area contributed by atoms with Crippen LogP contribution in [0.2, 0.25) is 0 Å². The average molecular weight is 257 g/mol. The van der Waals surface area contributed by atoms with E-state index in [0.29, 0.717) is 13.1 Å². The number of likely N-dealkylation sites (N-methyl/N-ethyl adjacent to an activating group) is 1. The molecular weight excluding hydrogens is 238 g/mol. The number of benzene rings is 1. The smallest absolute Gasteiger partial charge is 0.177 e. The molecule has 0 aliphatic heterocycles. The standard InChI is InChI=1S/C16H19NO2/c1-12-4-5-15(13(2)8-12)16(18)10-17(3)9-14-6-7-19-11-14/h4-8,11H,9-10H2,1-3H3. The van der Waals surface area contributed by atoms with Gasteiger partial charge >= 0.3 is 0 Å². The Labute approximate surface area is 113 Å². The highest BCUT2D eigenvalue weighted by Crippen LogP contribution is 2.12. The molecule has 2 aromatic rings. The number of furan rings is 1. The van der Waals surface area contributed by atoms with Crippen LogP contribution < -0.4 is 0 Å². The number of rotatable bonds is 5. The first-order valence-corrected chi connectivity index (χ1v) is 6.36. The maximum atomic E-state index is 12.3. The van der Waals surface area contributed by atoms with Gasteiger partial charge in [-0.25, -0.2) is 0 Å². The van der Waals surface area contributed by atoms with Crippen molar-refractivity contribution in [2.75, 3.05) is 13.6 Å². The summed E-state index contributed by atoms with van der Waals surface area (Å²) in [5.74, 6) is 0.156. The number of hydrogen-bond donors (Lipinski definition) is 0. The quantitative estimate of drug-likeness (QED) is 0.771. The number of Topliss-reactive ketones (excluding diaryl/α,β-unsaturated/α-hetero) is 1. The zero-order chi connectivity index (χ0) is 13.8. The summed E-state index contributed by atoms with van der Waals surface area (Å²) in [6.45, 7) is 5.14. The molecule has 19 heavy (non-hydrogen) atoms. The van der Waals surface area contributed by atoms with E-state index in [0.717, 1.165) is 16.7 Å². The number of hydrogen-bond acceptors (Lipinski definition) is 3. The van der Waals surface area contributed by atoms with E-state index >= 15 is 0 Å². The molecule has 0 radical (unpaired) electrons. The third-order valence-electron chi connectivity index (χ3n) is 3.13. The molecule has 100 valence electrons. The first-order chi connectivity index (χ1) is 9.06. The van der Waals surface area contributed by atoms with Crippen molar-refractivity contribution in [3.63, 3.8) is 0 Å². The van der Waals surface area contributed by atoms with E-state index < -0.39 is 0 Å². The summed E-state index contributed by atoms with van der Waals surface area (Å²) in [5, 5.41) is 0. The summed E-state index contributed by atoms with van der Waals surface area (Å²) < 4.78 is 5.03. The van der Waals surface area contributed by atoms with E-state index in [1.165, 1.54) is 5.56 Å². The number of carbonyl (C=O) groups is 1. The summed E-state index contributed by atoms with van der Waals surface area (Å²) in [7, 11) is 1.94. The Morgan fingerprint density at radius 3 is 2.68 bits per heavy atom. The second kappa shape index (κ2) is 5.85. The number of ketones is 1. The number of nitrogens with zero attached hydrogens (tertiary/aromatic N) is 1. The highest BCUT2D eigenvalue weighted by Gasteiger charge is 2.12. The van der Waals surface area contributed by atoms with Gasteiger partial charge in [0, 0.05) is 17.7 Å². The maximum Gasteiger partial charge on any atom is 0.177 e. The normalized spacial score (nSPS) is 10.9. The van der Waals surface area contributed by atoms with Crippen molar-refractivity contribution in [2.45, 2.75) is 20.4 Å². The molecular formula is C16H19NO2. The predicted octanol–water partition coefficient (Wildman–Crippen LogP) is 3.21. The minimum atomic E-state index is 0.156. The lowest BCUT2D eigenvalue weighted by Crippen LogP contribution is -2.25. The molecule has 0 saturated carbocycles. The van der Waals surface area contributed by atoms with Gasteiger partial charge < -0.3 is 4.42 Å². The van der Waals surface area contributed by atoms with E-state index in [4.69, 9.17) is 4.42 Å². The van der Waals surface area contributed by atoms with Crippen LogP contribution in [0.4, 0.5) is 0 Å². The van der Waals surface area contributed by atoms with Crippen LogP contribution >= 0.6 is 0 Å². The molecule has 0 bridgehead atoms. The molecule has 0 N–H and O–H groups in total. The van der Waals surface area contributed by atoms with Crippen LogP contribution in [0.5, 0.6) is 0 Å². The van der Waals surface area contributed by atoms with E-state index in [-0.39, 0.29) is 5.78 Å². The van der Waals surface area contributed by atoms with Crippen LogP contribution in [0.1, 0.15) is 27.0 Å². The lowest BCUT2D eigenvalue weighted by Gasteiger charge is -2.15. The van der Waals surface area contributed by atoms with Gasteiger partial charge in [0.15, 0.2) is 5.78 Å². The Balaban J connectivity index is 2.00. The molecule has 0 aliphatic carbocycles. The molecule has 0 unspecified atom stereocenters. The molecule has 0 aliphatic rings. The largest absolute Gasteiger partial charge is 0.472 e. The fourth-order valence-corrected chi connectivity index (χ4v) is 2.21. The molecule has 1 aromatic heterocycles. The van der Waals surface area contributed by atoms with Crippen LogP contribution in [0.3, 0.4) is 0 Å². The van der Waals surface area contributed by atoms with E-state index in [1.807, 2.05) is 50.1 Å². The van der Waals surface area contributed by atoms with Gasteiger partial charge in [-0.05, 0) is 32.5 Å². The highest BCUT2D eigenvalue weighted by molar-refractivity contribution is 5.98. The molecule has 0 amide bonds. The molecule has 0 fully saturated rings. The zero-order valence-electron chi connectivity index (χ0n) is 11.6. The summed E-state index contributed by atoms with van der Waals surface area (Å²) in [4.78, 5) is 14.2. The van der Waals surface area contributed by atoms with E-state index in [9.17, 15) is 4.79 Å². The zero-order valence-corrected chi connectivity index (χ0v) is 11.6. The SMILES string of the molecule is Cc1ccc(C(=O)CN(C)Cc2ccoc2)c(C)c1. The Bertz CT molecular complexity index is 558. The Morgan fingerprint density at radius 2 is 2.05 bits per heavy atom. The van der Waals surface area contributed by atoms with Gasteiger partial charge in [-0.1, -0.05) is 23.8 Å². The average Bonchev–Trinajstić information content (AvgIpc) is 2.81. The molecule has 3 heteroatoms. The number of carbonyl (C=O) groups excluding carboxylic acids is 1. The van der Waals surface area contributed by atoms with Crippen LogP contribution in [0.25, 0.3) is 0 Å². The van der Waals surface area contributed by atoms with E-state index in [2.05, 4.69) is 0 Å². The third-order valence-corrected chi connectivity index (χ3v) is 3.13. The van der Waals surface area contributed by atoms with Crippen molar-refractivity contribution in [3.05, 3.63) is 59.0 Å². The lowest BCUT2D eigenvalue weighted by molar-refractivity contribution is 0.0942. The van der Waals surface area contributed by atoms with Gasteiger partial charge in [0.2, 0.25) is 0 Å². The third kappa shape index (κ3) is 3.55. The van der Waals surface area contributed by atoms with Gasteiger partial charge in [0.25, 0.3) is 0 Å². The lowest BCUT2D eigenvalue weighted by atomic mass is 10.0.